The maximum absolute atomic E-state index is 11.3. The molecule has 4 nitrogen and oxygen atoms in total. The molecule has 0 spiro atoms. The lowest BCUT2D eigenvalue weighted by atomic mass is 9.50. The van der Waals surface area contributed by atoms with Crippen LogP contribution in [0.1, 0.15) is 85.5 Å². The summed E-state index contributed by atoms with van der Waals surface area (Å²) in [4.78, 5) is 11.3. The second kappa shape index (κ2) is 8.93. The van der Waals surface area contributed by atoms with Crippen molar-refractivity contribution < 1.29 is 19.7 Å². The van der Waals surface area contributed by atoms with Gasteiger partial charge in [0, 0.05) is 5.92 Å². The smallest absolute Gasteiger partial charge is 0.306 e. The number of hydrogen-bond acceptors (Lipinski definition) is 4. The lowest BCUT2D eigenvalue weighted by Gasteiger charge is -2.55. The van der Waals surface area contributed by atoms with Crippen LogP contribution in [0.25, 0.3) is 0 Å². The number of rotatable bonds is 7. The fraction of sp³-hybridized carbons (Fsp3) is 0.800. The maximum Gasteiger partial charge on any atom is 0.306 e. The molecule has 2 N–H and O–H groups in total. The highest BCUT2D eigenvalue weighted by atomic mass is 16.5. The van der Waals surface area contributed by atoms with Gasteiger partial charge < -0.3 is 14.9 Å². The minimum Gasteiger partial charge on any atom is -0.465 e. The number of carbonyl (C=O) groups is 1. The lowest BCUT2D eigenvalue weighted by molar-refractivity contribution is -0.137. The predicted molar refractivity (Wildman–Crippen MR) is 115 cm³/mol. The van der Waals surface area contributed by atoms with E-state index in [-0.39, 0.29) is 23.9 Å². The van der Waals surface area contributed by atoms with Gasteiger partial charge in [-0.2, -0.15) is 0 Å². The molecule has 1 saturated heterocycles. The van der Waals surface area contributed by atoms with Gasteiger partial charge in [-0.15, -0.1) is 0 Å². The van der Waals surface area contributed by atoms with E-state index in [2.05, 4.69) is 27.7 Å². The van der Waals surface area contributed by atoms with Crippen LogP contribution in [0.2, 0.25) is 0 Å². The monoisotopic (exact) mass is 404 g/mol. The van der Waals surface area contributed by atoms with Gasteiger partial charge in [0.1, 0.15) is 0 Å². The summed E-state index contributed by atoms with van der Waals surface area (Å²) < 4.78 is 4.96. The molecule has 2 aliphatic carbocycles. The van der Waals surface area contributed by atoms with Crippen molar-refractivity contribution in [3.8, 4) is 0 Å². The lowest BCUT2D eigenvalue weighted by Crippen LogP contribution is -2.45. The van der Waals surface area contributed by atoms with Crippen LogP contribution in [-0.2, 0) is 9.53 Å². The van der Waals surface area contributed by atoms with Crippen LogP contribution < -0.4 is 0 Å². The second-order valence-corrected chi connectivity index (χ2v) is 10.6. The van der Waals surface area contributed by atoms with Crippen LogP contribution in [0, 0.1) is 22.7 Å². The molecule has 0 aromatic carbocycles. The van der Waals surface area contributed by atoms with Gasteiger partial charge in [0.05, 0.1) is 25.7 Å². The average Bonchev–Trinajstić information content (AvgIpc) is 3.09. The number of cyclic esters (lactones) is 1. The number of esters is 1. The van der Waals surface area contributed by atoms with Crippen LogP contribution in [0.5, 0.6) is 0 Å². The van der Waals surface area contributed by atoms with Gasteiger partial charge in [0.25, 0.3) is 0 Å². The summed E-state index contributed by atoms with van der Waals surface area (Å²) in [5, 5.41) is 20.2. The molecule has 2 fully saturated rings. The third-order valence-corrected chi connectivity index (χ3v) is 8.22. The number of fused-ring (bicyclic) bond motifs is 1. The first-order valence-electron chi connectivity index (χ1n) is 11.5. The number of hydrogen-bond donors (Lipinski definition) is 2. The minimum absolute atomic E-state index is 0.0325. The molecule has 164 valence electrons. The van der Waals surface area contributed by atoms with E-state index in [9.17, 15) is 15.0 Å². The Kier molecular flexibility index (Phi) is 6.95. The quantitative estimate of drug-likeness (QED) is 0.466. The van der Waals surface area contributed by atoms with Gasteiger partial charge in [-0.05, 0) is 74.2 Å². The zero-order valence-corrected chi connectivity index (χ0v) is 18.8. The van der Waals surface area contributed by atoms with Crippen molar-refractivity contribution in [2.45, 2.75) is 91.6 Å². The normalized spacial score (nSPS) is 33.4. The van der Waals surface area contributed by atoms with Gasteiger partial charge in [0.15, 0.2) is 0 Å². The maximum atomic E-state index is 11.3. The van der Waals surface area contributed by atoms with Crippen LogP contribution in [0.15, 0.2) is 22.8 Å². The van der Waals surface area contributed by atoms with E-state index in [1.165, 1.54) is 32.1 Å². The Morgan fingerprint density at radius 2 is 2.07 bits per heavy atom. The molecule has 1 saturated carbocycles. The summed E-state index contributed by atoms with van der Waals surface area (Å²) in [5.41, 5.74) is 4.86. The van der Waals surface area contributed by atoms with Gasteiger partial charge in [-0.1, -0.05) is 44.4 Å². The third kappa shape index (κ3) is 4.80. The Balaban J connectivity index is 1.65. The first kappa shape index (κ1) is 22.6. The van der Waals surface area contributed by atoms with E-state index < -0.39 is 6.10 Å². The Morgan fingerprint density at radius 1 is 1.31 bits per heavy atom. The van der Waals surface area contributed by atoms with E-state index in [0.717, 1.165) is 24.3 Å². The summed E-state index contributed by atoms with van der Waals surface area (Å²) in [6.07, 6.45) is 10.4. The molecule has 3 rings (SSSR count). The molecule has 29 heavy (non-hydrogen) atoms. The highest BCUT2D eigenvalue weighted by molar-refractivity contribution is 5.71. The molecule has 0 radical (unpaired) electrons. The number of aliphatic hydroxyl groups is 2. The van der Waals surface area contributed by atoms with E-state index in [4.69, 9.17) is 4.74 Å². The second-order valence-electron chi connectivity index (χ2n) is 10.6. The van der Waals surface area contributed by atoms with Crippen molar-refractivity contribution in [3.05, 3.63) is 22.8 Å². The molecule has 4 heteroatoms. The van der Waals surface area contributed by atoms with Crippen LogP contribution in [-0.4, -0.2) is 35.5 Å². The molecule has 0 amide bonds. The zero-order chi connectivity index (χ0) is 21.2. The van der Waals surface area contributed by atoms with E-state index in [1.54, 1.807) is 11.1 Å². The number of aliphatic hydroxyl groups excluding tert-OH is 2. The molecule has 0 aromatic heterocycles. The Hall–Kier alpha value is -1.13. The summed E-state index contributed by atoms with van der Waals surface area (Å²) in [6, 6.07) is 0. The molecular weight excluding hydrogens is 364 g/mol. The van der Waals surface area contributed by atoms with E-state index >= 15 is 0 Å². The minimum atomic E-state index is -0.584. The largest absolute Gasteiger partial charge is 0.465 e. The summed E-state index contributed by atoms with van der Waals surface area (Å²) in [6.45, 7) is 10.0. The summed E-state index contributed by atoms with van der Waals surface area (Å²) in [7, 11) is 0. The molecule has 1 heterocycles. The summed E-state index contributed by atoms with van der Waals surface area (Å²) >= 11 is 0. The standard InChI is InChI=1S/C25H40O4/c1-17-6-11-22-24(2,3)12-5-13-25(22,4)20(17)9-7-18(15-26)8-10-21(27)19-14-23(28)29-16-19/h8,19,21-22,26-27H,5-7,9-16H2,1-4H3/b18-8-/t19?,21-,22+,25-/m1/s1. The van der Waals surface area contributed by atoms with Gasteiger partial charge in [-0.3, -0.25) is 4.79 Å². The van der Waals surface area contributed by atoms with Crippen molar-refractivity contribution in [2.24, 2.45) is 22.7 Å². The predicted octanol–water partition coefficient (Wildman–Crippen LogP) is 4.94. The molecule has 4 atom stereocenters. The summed E-state index contributed by atoms with van der Waals surface area (Å²) in [5.74, 6) is 0.398. The molecule has 0 bridgehead atoms. The van der Waals surface area contributed by atoms with Gasteiger partial charge in [-0.25, -0.2) is 0 Å². The third-order valence-electron chi connectivity index (χ3n) is 8.22. The Morgan fingerprint density at radius 3 is 2.72 bits per heavy atom. The average molecular weight is 405 g/mol. The fourth-order valence-corrected chi connectivity index (χ4v) is 6.48. The van der Waals surface area contributed by atoms with Crippen LogP contribution in [0.3, 0.4) is 0 Å². The molecular formula is C25H40O4. The fourth-order valence-electron chi connectivity index (χ4n) is 6.48. The Bertz CT molecular complexity index is 674. The zero-order valence-electron chi connectivity index (χ0n) is 18.8. The van der Waals surface area contributed by atoms with Gasteiger partial charge >= 0.3 is 5.97 Å². The first-order valence-corrected chi connectivity index (χ1v) is 11.5. The SMILES string of the molecule is CC1=C(CC/C(=C/C[C@@H](O)C2COC(=O)C2)CO)[C@@]2(C)CCCC(C)(C)[C@@H]2CC1. The Labute approximate surface area is 176 Å². The topological polar surface area (TPSA) is 66.8 Å². The van der Waals surface area contributed by atoms with Crippen LogP contribution >= 0.6 is 0 Å². The van der Waals surface area contributed by atoms with Gasteiger partial charge in [0.2, 0.25) is 0 Å². The van der Waals surface area contributed by atoms with E-state index in [1.807, 2.05) is 6.08 Å². The molecule has 3 aliphatic rings. The first-order chi connectivity index (χ1) is 13.7. The number of carbonyl (C=O) groups excluding carboxylic acids is 1. The van der Waals surface area contributed by atoms with Crippen LogP contribution in [0.4, 0.5) is 0 Å². The van der Waals surface area contributed by atoms with Crippen molar-refractivity contribution in [1.29, 1.82) is 0 Å². The van der Waals surface area contributed by atoms with Crippen molar-refractivity contribution in [3.63, 3.8) is 0 Å². The highest BCUT2D eigenvalue weighted by Crippen LogP contribution is 2.60. The van der Waals surface area contributed by atoms with E-state index in [0.29, 0.717) is 24.9 Å². The molecule has 1 unspecified atom stereocenters. The van der Waals surface area contributed by atoms with Crippen molar-refractivity contribution >= 4 is 5.97 Å². The van der Waals surface area contributed by atoms with Crippen molar-refractivity contribution in [1.82, 2.24) is 0 Å². The van der Waals surface area contributed by atoms with Crippen molar-refractivity contribution in [2.75, 3.05) is 13.2 Å². The molecule has 1 aliphatic heterocycles. The number of allylic oxidation sites excluding steroid dienone is 2. The number of ether oxygens (including phenoxy) is 1. The highest BCUT2D eigenvalue weighted by Gasteiger charge is 2.49. The molecule has 0 aromatic rings.